The van der Waals surface area contributed by atoms with Gasteiger partial charge in [-0.1, -0.05) is 24.6 Å². The van der Waals surface area contributed by atoms with Gasteiger partial charge in [0.05, 0.1) is 5.75 Å². The van der Waals surface area contributed by atoms with E-state index in [1.54, 1.807) is 6.92 Å². The maximum Gasteiger partial charge on any atom is 0.153 e. The third-order valence-corrected chi connectivity index (χ3v) is 4.42. The second-order valence-corrected chi connectivity index (χ2v) is 6.89. The SMILES string of the molecule is CCS(=O)(=O)CCOc1ccc(C)cc1[C@H](C)N. The van der Waals surface area contributed by atoms with Crippen molar-refractivity contribution in [1.82, 2.24) is 0 Å². The lowest BCUT2D eigenvalue weighted by Crippen LogP contribution is -2.17. The summed E-state index contributed by atoms with van der Waals surface area (Å²) < 4.78 is 28.2. The Balaban J connectivity index is 2.73. The fraction of sp³-hybridized carbons (Fsp3) is 0.538. The molecule has 2 N–H and O–H groups in total. The number of hydrogen-bond donors (Lipinski definition) is 1. The summed E-state index contributed by atoms with van der Waals surface area (Å²) in [6, 6.07) is 5.60. The highest BCUT2D eigenvalue weighted by Gasteiger charge is 2.11. The molecule has 0 amide bonds. The number of nitrogens with two attached hydrogens (primary N) is 1. The quantitative estimate of drug-likeness (QED) is 0.857. The van der Waals surface area contributed by atoms with Crippen LogP contribution in [0.1, 0.15) is 31.0 Å². The number of aryl methyl sites for hydroxylation is 1. The first-order valence-electron chi connectivity index (χ1n) is 6.05. The summed E-state index contributed by atoms with van der Waals surface area (Å²) in [4.78, 5) is 0. The molecule has 5 heteroatoms. The van der Waals surface area contributed by atoms with Crippen molar-refractivity contribution in [3.8, 4) is 5.75 Å². The predicted octanol–water partition coefficient (Wildman–Crippen LogP) is 1.83. The van der Waals surface area contributed by atoms with Gasteiger partial charge in [0.1, 0.15) is 12.4 Å². The van der Waals surface area contributed by atoms with Crippen LogP contribution in [0.25, 0.3) is 0 Å². The highest BCUT2D eigenvalue weighted by atomic mass is 32.2. The molecule has 18 heavy (non-hydrogen) atoms. The van der Waals surface area contributed by atoms with E-state index >= 15 is 0 Å². The second-order valence-electron chi connectivity index (χ2n) is 4.41. The summed E-state index contributed by atoms with van der Waals surface area (Å²) in [6.45, 7) is 5.66. The van der Waals surface area contributed by atoms with Gasteiger partial charge in [0, 0.05) is 17.4 Å². The van der Waals surface area contributed by atoms with Crippen molar-refractivity contribution in [3.05, 3.63) is 29.3 Å². The van der Waals surface area contributed by atoms with Gasteiger partial charge in [0.2, 0.25) is 0 Å². The Morgan fingerprint density at radius 1 is 1.39 bits per heavy atom. The molecular weight excluding hydrogens is 250 g/mol. The Kier molecular flexibility index (Phi) is 5.16. The van der Waals surface area contributed by atoms with E-state index in [1.165, 1.54) is 0 Å². The molecule has 0 aliphatic heterocycles. The zero-order chi connectivity index (χ0) is 13.8. The molecule has 0 unspecified atom stereocenters. The monoisotopic (exact) mass is 271 g/mol. The smallest absolute Gasteiger partial charge is 0.153 e. The lowest BCUT2D eigenvalue weighted by atomic mass is 10.1. The highest BCUT2D eigenvalue weighted by molar-refractivity contribution is 7.91. The van der Waals surface area contributed by atoms with Crippen LogP contribution in [0.2, 0.25) is 0 Å². The molecule has 0 aliphatic carbocycles. The zero-order valence-corrected chi connectivity index (χ0v) is 12.0. The molecule has 0 aromatic heterocycles. The molecule has 102 valence electrons. The van der Waals surface area contributed by atoms with E-state index in [9.17, 15) is 8.42 Å². The summed E-state index contributed by atoms with van der Waals surface area (Å²) in [5.74, 6) is 0.849. The van der Waals surface area contributed by atoms with Crippen molar-refractivity contribution in [1.29, 1.82) is 0 Å². The van der Waals surface area contributed by atoms with Crippen molar-refractivity contribution in [2.45, 2.75) is 26.8 Å². The summed E-state index contributed by atoms with van der Waals surface area (Å²) in [6.07, 6.45) is 0. The minimum absolute atomic E-state index is 0.0375. The average molecular weight is 271 g/mol. The normalized spacial score (nSPS) is 13.3. The van der Waals surface area contributed by atoms with E-state index in [4.69, 9.17) is 10.5 Å². The van der Waals surface area contributed by atoms with E-state index in [1.807, 2.05) is 32.0 Å². The Hall–Kier alpha value is -1.07. The topological polar surface area (TPSA) is 69.4 Å². The van der Waals surface area contributed by atoms with Crippen molar-refractivity contribution in [2.24, 2.45) is 5.73 Å². The van der Waals surface area contributed by atoms with Crippen LogP contribution < -0.4 is 10.5 Å². The maximum absolute atomic E-state index is 11.4. The van der Waals surface area contributed by atoms with Crippen LogP contribution in [0.15, 0.2) is 18.2 Å². The molecular formula is C13H21NO3S. The van der Waals surface area contributed by atoms with E-state index < -0.39 is 9.84 Å². The molecule has 4 nitrogen and oxygen atoms in total. The van der Waals surface area contributed by atoms with Gasteiger partial charge in [0.25, 0.3) is 0 Å². The van der Waals surface area contributed by atoms with Crippen LogP contribution in [0.3, 0.4) is 0 Å². The largest absolute Gasteiger partial charge is 0.492 e. The van der Waals surface area contributed by atoms with Crippen molar-refractivity contribution in [2.75, 3.05) is 18.1 Å². The van der Waals surface area contributed by atoms with E-state index in [0.717, 1.165) is 11.1 Å². The molecule has 0 heterocycles. The molecule has 0 saturated heterocycles. The first kappa shape index (κ1) is 15.0. The first-order chi connectivity index (χ1) is 8.35. The zero-order valence-electron chi connectivity index (χ0n) is 11.1. The van der Waals surface area contributed by atoms with Gasteiger partial charge in [-0.25, -0.2) is 8.42 Å². The summed E-state index contributed by atoms with van der Waals surface area (Å²) >= 11 is 0. The molecule has 0 fully saturated rings. The third kappa shape index (κ3) is 4.31. The highest BCUT2D eigenvalue weighted by Crippen LogP contribution is 2.24. The molecule has 0 radical (unpaired) electrons. The first-order valence-corrected chi connectivity index (χ1v) is 7.87. The Morgan fingerprint density at radius 2 is 2.06 bits per heavy atom. The molecule has 0 aliphatic rings. The second kappa shape index (κ2) is 6.20. The summed E-state index contributed by atoms with van der Waals surface area (Å²) in [5.41, 5.74) is 7.88. The van der Waals surface area contributed by atoms with Gasteiger partial charge in [0.15, 0.2) is 9.84 Å². The predicted molar refractivity (Wildman–Crippen MR) is 73.6 cm³/mol. The number of rotatable bonds is 6. The fourth-order valence-electron chi connectivity index (χ4n) is 1.58. The van der Waals surface area contributed by atoms with Crippen LogP contribution in [0, 0.1) is 6.92 Å². The van der Waals surface area contributed by atoms with E-state index in [0.29, 0.717) is 5.75 Å². The number of benzene rings is 1. The van der Waals surface area contributed by atoms with Crippen molar-refractivity contribution in [3.63, 3.8) is 0 Å². The molecule has 0 saturated carbocycles. The molecule has 0 bridgehead atoms. The number of ether oxygens (including phenoxy) is 1. The van der Waals surface area contributed by atoms with Crippen LogP contribution in [0.4, 0.5) is 0 Å². The number of hydrogen-bond acceptors (Lipinski definition) is 4. The van der Waals surface area contributed by atoms with E-state index in [-0.39, 0.29) is 24.2 Å². The van der Waals surface area contributed by atoms with Gasteiger partial charge in [-0.05, 0) is 19.9 Å². The molecule has 1 aromatic rings. The lowest BCUT2D eigenvalue weighted by molar-refractivity contribution is 0.335. The summed E-state index contributed by atoms with van der Waals surface area (Å²) in [5, 5.41) is 0. The van der Waals surface area contributed by atoms with Crippen LogP contribution in [-0.4, -0.2) is 26.5 Å². The molecule has 1 atom stereocenters. The van der Waals surface area contributed by atoms with Crippen LogP contribution in [0.5, 0.6) is 5.75 Å². The van der Waals surface area contributed by atoms with Gasteiger partial charge >= 0.3 is 0 Å². The van der Waals surface area contributed by atoms with Gasteiger partial charge in [-0.3, -0.25) is 0 Å². The Bertz CT molecular complexity index is 495. The third-order valence-electron chi connectivity index (χ3n) is 2.75. The van der Waals surface area contributed by atoms with Gasteiger partial charge < -0.3 is 10.5 Å². The Morgan fingerprint density at radius 3 is 2.61 bits per heavy atom. The van der Waals surface area contributed by atoms with Crippen LogP contribution in [-0.2, 0) is 9.84 Å². The van der Waals surface area contributed by atoms with Gasteiger partial charge in [-0.15, -0.1) is 0 Å². The van der Waals surface area contributed by atoms with Gasteiger partial charge in [-0.2, -0.15) is 0 Å². The Labute approximate surface area is 109 Å². The minimum Gasteiger partial charge on any atom is -0.492 e. The standard InChI is InChI=1S/C13H21NO3S/c1-4-18(15,16)8-7-17-13-6-5-10(2)9-12(13)11(3)14/h5-6,9,11H,4,7-8,14H2,1-3H3/t11-/m0/s1. The summed E-state index contributed by atoms with van der Waals surface area (Å²) in [7, 11) is -2.99. The molecule has 0 spiro atoms. The molecule has 1 aromatic carbocycles. The molecule has 1 rings (SSSR count). The van der Waals surface area contributed by atoms with Crippen LogP contribution >= 0.6 is 0 Å². The van der Waals surface area contributed by atoms with Crippen molar-refractivity contribution >= 4 is 9.84 Å². The minimum atomic E-state index is -2.99. The fourth-order valence-corrected chi connectivity index (χ4v) is 2.20. The maximum atomic E-state index is 11.4. The van der Waals surface area contributed by atoms with E-state index in [2.05, 4.69) is 0 Å². The average Bonchev–Trinajstić information content (AvgIpc) is 2.30. The number of sulfone groups is 1. The van der Waals surface area contributed by atoms with Crippen molar-refractivity contribution < 1.29 is 13.2 Å². The lowest BCUT2D eigenvalue weighted by Gasteiger charge is -2.14.